The number of hydrogen-bond acceptors (Lipinski definition) is 8. The van der Waals surface area contributed by atoms with Crippen molar-refractivity contribution in [1.29, 1.82) is 0 Å². The summed E-state index contributed by atoms with van der Waals surface area (Å²) >= 11 is 0. The van der Waals surface area contributed by atoms with Crippen LogP contribution >= 0.6 is 0 Å². The molecule has 1 N–H and O–H groups in total. The first-order valence-electron chi connectivity index (χ1n) is 14.7. The van der Waals surface area contributed by atoms with Crippen LogP contribution in [0, 0.1) is 18.8 Å². The highest BCUT2D eigenvalue weighted by Crippen LogP contribution is 2.45. The zero-order valence-corrected chi connectivity index (χ0v) is 25.2. The van der Waals surface area contributed by atoms with Crippen molar-refractivity contribution in [2.75, 3.05) is 22.9 Å². The van der Waals surface area contributed by atoms with Crippen LogP contribution in [0.5, 0.6) is 11.5 Å². The molecular formula is C30H35F5N6O4. The van der Waals surface area contributed by atoms with Gasteiger partial charge in [-0.3, -0.25) is 4.79 Å². The third-order valence-electron chi connectivity index (χ3n) is 8.21. The van der Waals surface area contributed by atoms with E-state index in [1.807, 2.05) is 11.8 Å². The van der Waals surface area contributed by atoms with Gasteiger partial charge in [-0.15, -0.1) is 13.9 Å². The average Bonchev–Trinajstić information content (AvgIpc) is 3.51. The number of alkyl halides is 5. The number of aryl methyl sites for hydroxylation is 2. The Morgan fingerprint density at radius 1 is 1.02 bits per heavy atom. The number of rotatable bonds is 11. The standard InChI is InChI=1S/C30H35F5N6O4/c1-4-40(15-20-7-5-19(6-8-20)12-27(42)43)24-14-26-25(44-30(34,35)45-26)13-22(24)17-41(28-36-38-39(3)37-28)16-21-9-18(2)10-23(11-21)29(31,32)33/h9-11,13-14,19-20H,4-8,12,15-17H2,1-3H3,(H,42,43). The third-order valence-corrected chi connectivity index (χ3v) is 8.21. The molecule has 45 heavy (non-hydrogen) atoms. The van der Waals surface area contributed by atoms with Gasteiger partial charge in [0.2, 0.25) is 0 Å². The van der Waals surface area contributed by atoms with Crippen molar-refractivity contribution in [3.8, 4) is 11.5 Å². The molecule has 1 aliphatic carbocycles. The number of aliphatic carboxylic acids is 1. The minimum atomic E-state index is -4.54. The summed E-state index contributed by atoms with van der Waals surface area (Å²) in [4.78, 5) is 16.1. The minimum absolute atomic E-state index is 0.0276. The van der Waals surface area contributed by atoms with Crippen molar-refractivity contribution in [1.82, 2.24) is 20.2 Å². The van der Waals surface area contributed by atoms with Crippen LogP contribution in [0.4, 0.5) is 33.6 Å². The van der Waals surface area contributed by atoms with Gasteiger partial charge in [-0.25, -0.2) is 0 Å². The van der Waals surface area contributed by atoms with Gasteiger partial charge in [0, 0.05) is 44.4 Å². The fraction of sp³-hybridized carbons (Fsp3) is 0.533. The Morgan fingerprint density at radius 3 is 2.29 bits per heavy atom. The van der Waals surface area contributed by atoms with E-state index in [0.29, 0.717) is 35.5 Å². The molecule has 1 saturated carbocycles. The van der Waals surface area contributed by atoms with Crippen LogP contribution < -0.4 is 19.3 Å². The molecule has 5 rings (SSSR count). The van der Waals surface area contributed by atoms with Gasteiger partial charge < -0.3 is 24.4 Å². The van der Waals surface area contributed by atoms with Gasteiger partial charge in [0.1, 0.15) is 0 Å². The average molecular weight is 639 g/mol. The molecule has 0 spiro atoms. The molecule has 2 heterocycles. The predicted octanol–water partition coefficient (Wildman–Crippen LogP) is 6.17. The maximum atomic E-state index is 14.1. The number of anilines is 2. The Hall–Kier alpha value is -4.17. The second-order valence-corrected chi connectivity index (χ2v) is 11.8. The van der Waals surface area contributed by atoms with Crippen LogP contribution in [0.15, 0.2) is 30.3 Å². The van der Waals surface area contributed by atoms with Crippen molar-refractivity contribution in [3.63, 3.8) is 0 Å². The lowest BCUT2D eigenvalue weighted by molar-refractivity contribution is -0.286. The molecule has 0 amide bonds. The number of tetrazole rings is 1. The molecule has 2 aliphatic rings. The zero-order chi connectivity index (χ0) is 32.5. The molecule has 1 aromatic heterocycles. The van der Waals surface area contributed by atoms with E-state index in [-0.39, 0.29) is 48.8 Å². The highest BCUT2D eigenvalue weighted by atomic mass is 19.4. The van der Waals surface area contributed by atoms with Crippen molar-refractivity contribution >= 4 is 17.6 Å². The summed E-state index contributed by atoms with van der Waals surface area (Å²) in [5.74, 6) is -0.574. The van der Waals surface area contributed by atoms with E-state index in [0.717, 1.165) is 37.8 Å². The smallest absolute Gasteiger partial charge is 0.481 e. The van der Waals surface area contributed by atoms with E-state index in [1.54, 1.807) is 24.9 Å². The van der Waals surface area contributed by atoms with Crippen molar-refractivity contribution in [3.05, 3.63) is 52.6 Å². The van der Waals surface area contributed by atoms with E-state index in [1.165, 1.54) is 16.9 Å². The third kappa shape index (κ3) is 7.92. The quantitative estimate of drug-likeness (QED) is 0.247. The molecule has 15 heteroatoms. The van der Waals surface area contributed by atoms with E-state index >= 15 is 0 Å². The van der Waals surface area contributed by atoms with Crippen LogP contribution in [0.3, 0.4) is 0 Å². The van der Waals surface area contributed by atoms with Crippen molar-refractivity contribution in [2.45, 2.75) is 71.5 Å². The van der Waals surface area contributed by atoms with Crippen LogP contribution in [0.25, 0.3) is 0 Å². The number of carboxylic acid groups (broad SMARTS) is 1. The topological polar surface area (TPSA) is 106 Å². The van der Waals surface area contributed by atoms with Gasteiger partial charge in [0.05, 0.1) is 12.6 Å². The van der Waals surface area contributed by atoms with E-state index in [2.05, 4.69) is 15.4 Å². The number of fused-ring (bicyclic) bond motifs is 1. The van der Waals surface area contributed by atoms with Gasteiger partial charge in [0.15, 0.2) is 11.5 Å². The normalized spacial score (nSPS) is 19.0. The number of carbonyl (C=O) groups is 1. The second kappa shape index (κ2) is 12.7. The Kier molecular flexibility index (Phi) is 9.08. The molecule has 1 aliphatic heterocycles. The highest BCUT2D eigenvalue weighted by molar-refractivity contribution is 5.67. The van der Waals surface area contributed by atoms with Gasteiger partial charge in [0.25, 0.3) is 5.95 Å². The molecule has 0 radical (unpaired) electrons. The Labute approximate surface area is 256 Å². The second-order valence-electron chi connectivity index (χ2n) is 11.8. The first kappa shape index (κ1) is 32.2. The Bertz CT molecular complexity index is 1520. The summed E-state index contributed by atoms with van der Waals surface area (Å²) in [6.07, 6.45) is -5.01. The number of aromatic nitrogens is 4. The van der Waals surface area contributed by atoms with Crippen LogP contribution in [0.2, 0.25) is 0 Å². The molecule has 1 fully saturated rings. The molecule has 0 unspecified atom stereocenters. The van der Waals surface area contributed by atoms with Crippen LogP contribution in [-0.2, 0) is 31.1 Å². The fourth-order valence-corrected chi connectivity index (χ4v) is 6.16. The van der Waals surface area contributed by atoms with E-state index < -0.39 is 24.0 Å². The predicted molar refractivity (Wildman–Crippen MR) is 153 cm³/mol. The highest BCUT2D eigenvalue weighted by Gasteiger charge is 2.44. The zero-order valence-electron chi connectivity index (χ0n) is 25.2. The lowest BCUT2D eigenvalue weighted by atomic mass is 9.80. The molecule has 0 saturated heterocycles. The van der Waals surface area contributed by atoms with Gasteiger partial charge in [-0.2, -0.15) is 18.0 Å². The van der Waals surface area contributed by atoms with Gasteiger partial charge >= 0.3 is 18.4 Å². The molecule has 3 aromatic rings. The number of nitrogens with zero attached hydrogens (tertiary/aromatic N) is 6. The van der Waals surface area contributed by atoms with Crippen molar-refractivity contribution < 1.29 is 41.3 Å². The molecular weight excluding hydrogens is 603 g/mol. The summed E-state index contributed by atoms with van der Waals surface area (Å²) in [5, 5.41) is 21.4. The fourth-order valence-electron chi connectivity index (χ4n) is 6.16. The first-order valence-corrected chi connectivity index (χ1v) is 14.7. The molecule has 244 valence electrons. The van der Waals surface area contributed by atoms with Crippen molar-refractivity contribution in [2.24, 2.45) is 18.9 Å². The molecule has 0 atom stereocenters. The van der Waals surface area contributed by atoms with Crippen LogP contribution in [-0.4, -0.2) is 50.7 Å². The van der Waals surface area contributed by atoms with Gasteiger partial charge in [-0.1, -0.05) is 16.7 Å². The number of ether oxygens (including phenoxy) is 2. The largest absolute Gasteiger partial charge is 0.586 e. The Balaban J connectivity index is 1.47. The lowest BCUT2D eigenvalue weighted by Gasteiger charge is -2.34. The number of benzene rings is 2. The summed E-state index contributed by atoms with van der Waals surface area (Å²) in [5.41, 5.74) is 1.14. The summed E-state index contributed by atoms with van der Waals surface area (Å²) in [6, 6.07) is 6.73. The first-order chi connectivity index (χ1) is 21.2. The lowest BCUT2D eigenvalue weighted by Crippen LogP contribution is -2.33. The molecule has 2 aromatic carbocycles. The summed E-state index contributed by atoms with van der Waals surface area (Å²) < 4.78 is 78.7. The maximum Gasteiger partial charge on any atom is 0.586 e. The number of carboxylic acids is 1. The Morgan fingerprint density at radius 2 is 1.69 bits per heavy atom. The number of halogens is 5. The van der Waals surface area contributed by atoms with E-state index in [4.69, 9.17) is 14.6 Å². The number of hydrogen-bond donors (Lipinski definition) is 1. The van der Waals surface area contributed by atoms with Gasteiger partial charge in [-0.05, 0) is 85.9 Å². The summed E-state index contributed by atoms with van der Waals surface area (Å²) in [6.45, 7) is 4.63. The molecule has 0 bridgehead atoms. The SMILES string of the molecule is CCN(CC1CCC(CC(=O)O)CC1)c1cc2c(cc1CN(Cc1cc(C)cc(C(F)(F)F)c1)c1nnn(C)n1)OC(F)(F)O2. The monoisotopic (exact) mass is 638 g/mol. The maximum absolute atomic E-state index is 14.1. The van der Waals surface area contributed by atoms with Crippen LogP contribution in [0.1, 0.15) is 61.3 Å². The summed E-state index contributed by atoms with van der Waals surface area (Å²) in [7, 11) is 1.56. The minimum Gasteiger partial charge on any atom is -0.481 e. The molecule has 10 nitrogen and oxygen atoms in total. The van der Waals surface area contributed by atoms with E-state index in [9.17, 15) is 26.7 Å².